The quantitative estimate of drug-likeness (QED) is 0.513. The fraction of sp³-hybridized carbons (Fsp3) is 0.222. The number of anilines is 1. The van der Waals surface area contributed by atoms with Gasteiger partial charge in [-0.25, -0.2) is 9.37 Å². The van der Waals surface area contributed by atoms with Gasteiger partial charge in [-0.2, -0.15) is 5.10 Å². The Labute approximate surface area is 162 Å². The number of nitrogens with one attached hydrogen (secondary N) is 2. The lowest BCUT2D eigenvalue weighted by Crippen LogP contribution is -2.05. The van der Waals surface area contributed by atoms with Crippen molar-refractivity contribution in [2.45, 2.75) is 12.3 Å². The smallest absolute Gasteiger partial charge is 0.212 e. The van der Waals surface area contributed by atoms with E-state index in [9.17, 15) is 4.79 Å². The number of nitrogens with zero attached hydrogens (tertiary/aromatic N) is 4. The minimum absolute atomic E-state index is 0.00555. The van der Waals surface area contributed by atoms with Gasteiger partial charge in [0, 0.05) is 35.2 Å². The molecule has 0 radical (unpaired) electrons. The van der Waals surface area contributed by atoms with Crippen molar-refractivity contribution in [2.24, 2.45) is 0 Å². The highest BCUT2D eigenvalue weighted by molar-refractivity contribution is 6.35. The number of aromatic amines is 1. The van der Waals surface area contributed by atoms with Crippen LogP contribution in [0.25, 0.3) is 27.8 Å². The predicted octanol–water partition coefficient (Wildman–Crippen LogP) is 3.14. The lowest BCUT2D eigenvalue weighted by atomic mass is 9.93. The van der Waals surface area contributed by atoms with Crippen molar-refractivity contribution in [3.63, 3.8) is 0 Å². The van der Waals surface area contributed by atoms with Gasteiger partial charge in [-0.15, -0.1) is 0 Å². The molecule has 1 aliphatic rings. The molecule has 1 saturated heterocycles. The van der Waals surface area contributed by atoms with Crippen LogP contribution in [0.4, 0.5) is 10.2 Å². The number of benzene rings is 1. The molecule has 1 aromatic carbocycles. The van der Waals surface area contributed by atoms with Gasteiger partial charge in [0.05, 0.1) is 41.4 Å². The Morgan fingerprint density at radius 1 is 1.39 bits per heavy atom. The van der Waals surface area contributed by atoms with Crippen LogP contribution in [0, 0.1) is 5.82 Å². The number of fused-ring (bicyclic) bond motifs is 2. The highest BCUT2D eigenvalue weighted by Gasteiger charge is 2.29. The van der Waals surface area contributed by atoms with Gasteiger partial charge in [0.1, 0.15) is 5.82 Å². The standard InChI is InChI=1S/C18H14ClFN6O2/c19-16-15(11-5-26-6-12(22-8-27)24-13(26)4-21-11)10-3-23-25-18(10)14(17(16)20)9-1-2-28-7-9/h3-6,8-9H,1-2,7H2,(H,22,27)(H,23,25). The highest BCUT2D eigenvalue weighted by atomic mass is 35.5. The lowest BCUT2D eigenvalue weighted by Gasteiger charge is -2.15. The number of amides is 1. The summed E-state index contributed by atoms with van der Waals surface area (Å²) in [5.41, 5.74) is 2.55. The van der Waals surface area contributed by atoms with Gasteiger partial charge >= 0.3 is 0 Å². The summed E-state index contributed by atoms with van der Waals surface area (Å²) in [5.74, 6) is -0.174. The number of rotatable bonds is 4. The van der Waals surface area contributed by atoms with Crippen molar-refractivity contribution >= 4 is 40.4 Å². The van der Waals surface area contributed by atoms with Crippen molar-refractivity contribution in [1.82, 2.24) is 24.6 Å². The Kier molecular flexibility index (Phi) is 3.99. The minimum atomic E-state index is -0.486. The number of aromatic nitrogens is 5. The molecule has 1 unspecified atom stereocenters. The van der Waals surface area contributed by atoms with Crippen LogP contribution in [0.5, 0.6) is 0 Å². The summed E-state index contributed by atoms with van der Waals surface area (Å²) in [7, 11) is 0. The number of ether oxygens (including phenoxy) is 1. The summed E-state index contributed by atoms with van der Waals surface area (Å²) >= 11 is 6.47. The zero-order valence-corrected chi connectivity index (χ0v) is 15.2. The van der Waals surface area contributed by atoms with Crippen LogP contribution >= 0.6 is 11.6 Å². The molecular weight excluding hydrogens is 387 g/mol. The molecule has 3 aromatic heterocycles. The topological polar surface area (TPSA) is 97.2 Å². The van der Waals surface area contributed by atoms with Crippen LogP contribution in [0.1, 0.15) is 17.9 Å². The van der Waals surface area contributed by atoms with Crippen LogP contribution < -0.4 is 5.32 Å². The SMILES string of the molecule is O=CNc1cn2cc(-c3c(Cl)c(F)c(C4CCOC4)c4[nH]ncc34)ncc2n1. The Hall–Kier alpha value is -3.04. The Bertz CT molecular complexity index is 1210. The number of imidazole rings is 1. The van der Waals surface area contributed by atoms with Crippen LogP contribution in [0.2, 0.25) is 5.02 Å². The average molecular weight is 401 g/mol. The molecular formula is C18H14ClFN6O2. The Morgan fingerprint density at radius 3 is 3.07 bits per heavy atom. The van der Waals surface area contributed by atoms with Crippen molar-refractivity contribution in [3.8, 4) is 11.3 Å². The maximum atomic E-state index is 15.3. The molecule has 1 amide bonds. The third kappa shape index (κ3) is 2.54. The van der Waals surface area contributed by atoms with Gasteiger partial charge in [0.25, 0.3) is 0 Å². The Morgan fingerprint density at radius 2 is 2.29 bits per heavy atom. The molecule has 1 atom stereocenters. The van der Waals surface area contributed by atoms with E-state index in [1.807, 2.05) is 0 Å². The highest BCUT2D eigenvalue weighted by Crippen LogP contribution is 2.42. The van der Waals surface area contributed by atoms with Crippen molar-refractivity contribution in [2.75, 3.05) is 18.5 Å². The van der Waals surface area contributed by atoms with Crippen molar-refractivity contribution in [1.29, 1.82) is 0 Å². The number of H-pyrrole nitrogens is 1. The van der Waals surface area contributed by atoms with E-state index in [2.05, 4.69) is 25.5 Å². The zero-order chi connectivity index (χ0) is 19.3. The molecule has 1 aliphatic heterocycles. The summed E-state index contributed by atoms with van der Waals surface area (Å²) in [6.07, 6.45) is 7.74. The number of carbonyl (C=O) groups is 1. The number of hydrogen-bond acceptors (Lipinski definition) is 5. The molecule has 1 fully saturated rings. The van der Waals surface area contributed by atoms with E-state index in [1.165, 1.54) is 6.20 Å². The molecule has 2 N–H and O–H groups in total. The van der Waals surface area contributed by atoms with E-state index in [0.29, 0.717) is 58.8 Å². The Balaban J connectivity index is 1.72. The molecule has 0 bridgehead atoms. The predicted molar refractivity (Wildman–Crippen MR) is 101 cm³/mol. The first-order valence-corrected chi connectivity index (χ1v) is 9.02. The van der Waals surface area contributed by atoms with Crippen LogP contribution in [0.15, 0.2) is 24.8 Å². The molecule has 28 heavy (non-hydrogen) atoms. The van der Waals surface area contributed by atoms with E-state index in [0.717, 1.165) is 6.42 Å². The van der Waals surface area contributed by atoms with Crippen LogP contribution in [0.3, 0.4) is 0 Å². The van der Waals surface area contributed by atoms with Gasteiger partial charge < -0.3 is 14.5 Å². The lowest BCUT2D eigenvalue weighted by molar-refractivity contribution is -0.105. The molecule has 10 heteroatoms. The second-order valence-electron chi connectivity index (χ2n) is 6.56. The van der Waals surface area contributed by atoms with Gasteiger partial charge in [0.15, 0.2) is 11.5 Å². The summed E-state index contributed by atoms with van der Waals surface area (Å²) < 4.78 is 22.4. The maximum Gasteiger partial charge on any atom is 0.212 e. The van der Waals surface area contributed by atoms with E-state index in [1.54, 1.807) is 23.0 Å². The molecule has 4 aromatic rings. The van der Waals surface area contributed by atoms with E-state index in [4.69, 9.17) is 16.3 Å². The molecule has 0 spiro atoms. The first-order chi connectivity index (χ1) is 13.7. The van der Waals surface area contributed by atoms with Crippen molar-refractivity contribution < 1.29 is 13.9 Å². The van der Waals surface area contributed by atoms with E-state index in [-0.39, 0.29) is 10.9 Å². The largest absolute Gasteiger partial charge is 0.381 e. The molecule has 4 heterocycles. The minimum Gasteiger partial charge on any atom is -0.381 e. The molecule has 5 rings (SSSR count). The number of hydrogen-bond donors (Lipinski definition) is 2. The summed E-state index contributed by atoms with van der Waals surface area (Å²) in [4.78, 5) is 19.2. The average Bonchev–Trinajstić information content (AvgIpc) is 3.43. The summed E-state index contributed by atoms with van der Waals surface area (Å²) in [5, 5.41) is 10.2. The van der Waals surface area contributed by atoms with Crippen LogP contribution in [-0.4, -0.2) is 44.2 Å². The zero-order valence-electron chi connectivity index (χ0n) is 14.4. The van der Waals surface area contributed by atoms with Gasteiger partial charge in [-0.1, -0.05) is 11.6 Å². The van der Waals surface area contributed by atoms with E-state index >= 15 is 4.39 Å². The summed E-state index contributed by atoms with van der Waals surface area (Å²) in [6.45, 7) is 1.04. The van der Waals surface area contributed by atoms with Gasteiger partial charge in [-0.3, -0.25) is 14.9 Å². The molecule has 142 valence electrons. The first kappa shape index (κ1) is 17.1. The third-order valence-corrected chi connectivity index (χ3v) is 5.32. The molecule has 8 nitrogen and oxygen atoms in total. The fourth-order valence-electron chi connectivity index (χ4n) is 3.69. The van der Waals surface area contributed by atoms with Gasteiger partial charge in [0.2, 0.25) is 6.41 Å². The molecule has 0 saturated carbocycles. The maximum absolute atomic E-state index is 15.3. The van der Waals surface area contributed by atoms with Gasteiger partial charge in [-0.05, 0) is 6.42 Å². The first-order valence-electron chi connectivity index (χ1n) is 8.64. The second kappa shape index (κ2) is 6.54. The number of carbonyl (C=O) groups excluding carboxylic acids is 1. The monoisotopic (exact) mass is 400 g/mol. The third-order valence-electron chi connectivity index (χ3n) is 4.97. The normalized spacial score (nSPS) is 16.9. The van der Waals surface area contributed by atoms with Crippen molar-refractivity contribution in [3.05, 3.63) is 41.2 Å². The van der Waals surface area contributed by atoms with Crippen LogP contribution in [-0.2, 0) is 9.53 Å². The second-order valence-corrected chi connectivity index (χ2v) is 6.94. The van der Waals surface area contributed by atoms with E-state index < -0.39 is 5.82 Å². The fourth-order valence-corrected chi connectivity index (χ4v) is 3.99. The molecule has 0 aliphatic carbocycles. The number of halogens is 2. The summed E-state index contributed by atoms with van der Waals surface area (Å²) in [6, 6.07) is 0.